The fraction of sp³-hybridized carbons (Fsp3) is 0.360. The number of rotatable bonds is 6. The Morgan fingerprint density at radius 3 is 2.50 bits per heavy atom. The van der Waals surface area contributed by atoms with Gasteiger partial charge in [-0.25, -0.2) is 0 Å². The summed E-state index contributed by atoms with van der Waals surface area (Å²) in [5.41, 5.74) is 19.7. The molecular formula is C25H32N6O5. The average molecular weight is 497 g/mol. The van der Waals surface area contributed by atoms with Gasteiger partial charge >= 0.3 is 0 Å². The number of phenolic OH excluding ortho intramolecular Hbond substituents is 1. The minimum Gasteiger partial charge on any atom is -0.508 e. The van der Waals surface area contributed by atoms with Crippen LogP contribution >= 0.6 is 0 Å². The molecule has 0 aromatic heterocycles. The van der Waals surface area contributed by atoms with E-state index in [1.165, 1.54) is 6.07 Å². The lowest BCUT2D eigenvalue weighted by atomic mass is 9.96. The number of amides is 4. The van der Waals surface area contributed by atoms with Gasteiger partial charge in [-0.2, -0.15) is 0 Å². The summed E-state index contributed by atoms with van der Waals surface area (Å²) < 4.78 is 0. The Morgan fingerprint density at radius 1 is 1.03 bits per heavy atom. The number of fused-ring (bicyclic) bond motifs is 5. The van der Waals surface area contributed by atoms with E-state index in [9.17, 15) is 24.3 Å². The first-order valence-electron chi connectivity index (χ1n) is 11.7. The van der Waals surface area contributed by atoms with Crippen molar-refractivity contribution in [1.82, 2.24) is 16.0 Å². The highest BCUT2D eigenvalue weighted by molar-refractivity contribution is 5.94. The monoisotopic (exact) mass is 496 g/mol. The van der Waals surface area contributed by atoms with E-state index in [1.807, 2.05) is 24.3 Å². The third-order valence-corrected chi connectivity index (χ3v) is 5.96. The fourth-order valence-electron chi connectivity index (χ4n) is 4.02. The maximum absolute atomic E-state index is 13.2. The molecule has 1 aliphatic heterocycles. The van der Waals surface area contributed by atoms with Crippen molar-refractivity contribution in [2.75, 3.05) is 13.1 Å². The van der Waals surface area contributed by atoms with Crippen LogP contribution in [0.4, 0.5) is 0 Å². The third kappa shape index (κ3) is 7.03. The summed E-state index contributed by atoms with van der Waals surface area (Å²) in [6, 6.07) is 9.33. The quantitative estimate of drug-likeness (QED) is 0.260. The van der Waals surface area contributed by atoms with Crippen molar-refractivity contribution in [2.45, 2.75) is 43.8 Å². The van der Waals surface area contributed by atoms with Crippen LogP contribution in [-0.2, 0) is 32.0 Å². The number of aromatic hydroxyl groups is 1. The van der Waals surface area contributed by atoms with Crippen LogP contribution in [0, 0.1) is 0 Å². The largest absolute Gasteiger partial charge is 0.508 e. The van der Waals surface area contributed by atoms with Crippen LogP contribution in [0.15, 0.2) is 42.5 Å². The number of phenols is 1. The minimum atomic E-state index is -1.04. The Morgan fingerprint density at radius 2 is 1.78 bits per heavy atom. The van der Waals surface area contributed by atoms with Gasteiger partial charge in [0, 0.05) is 12.8 Å². The summed E-state index contributed by atoms with van der Waals surface area (Å²) >= 11 is 0. The van der Waals surface area contributed by atoms with Crippen molar-refractivity contribution < 1.29 is 24.3 Å². The lowest BCUT2D eigenvalue weighted by Gasteiger charge is -2.24. The lowest BCUT2D eigenvalue weighted by molar-refractivity contribution is -0.133. The molecule has 4 amide bonds. The third-order valence-electron chi connectivity index (χ3n) is 5.96. The summed E-state index contributed by atoms with van der Waals surface area (Å²) in [7, 11) is 0. The van der Waals surface area contributed by atoms with E-state index in [0.717, 1.165) is 16.7 Å². The second-order valence-corrected chi connectivity index (χ2v) is 8.80. The SMILES string of the molecule is NCCC[C@@H]1NC(=O)[C@@H](N)Cc2cc(ccc2O)-c2cccc(c2)C[C@@H](C(=O)NCC(N)=O)NC1=O. The average Bonchev–Trinajstić information content (AvgIpc) is 2.85. The highest BCUT2D eigenvalue weighted by Crippen LogP contribution is 2.28. The van der Waals surface area contributed by atoms with Gasteiger partial charge in [-0.05, 0) is 53.8 Å². The molecule has 4 bridgehead atoms. The molecule has 2 aromatic rings. The normalized spacial score (nSPS) is 20.3. The smallest absolute Gasteiger partial charge is 0.243 e. The molecule has 0 radical (unpaired) electrons. The molecule has 36 heavy (non-hydrogen) atoms. The van der Waals surface area contributed by atoms with Crippen LogP contribution in [0.25, 0.3) is 11.1 Å². The van der Waals surface area contributed by atoms with Crippen molar-refractivity contribution in [3.05, 3.63) is 53.6 Å². The van der Waals surface area contributed by atoms with Gasteiger partial charge in [-0.1, -0.05) is 30.3 Å². The van der Waals surface area contributed by atoms with E-state index < -0.39 is 41.8 Å². The van der Waals surface area contributed by atoms with E-state index in [-0.39, 0.29) is 31.6 Å². The maximum Gasteiger partial charge on any atom is 0.243 e. The van der Waals surface area contributed by atoms with Gasteiger partial charge in [0.15, 0.2) is 0 Å². The predicted molar refractivity (Wildman–Crippen MR) is 133 cm³/mol. The zero-order valence-corrected chi connectivity index (χ0v) is 19.8. The van der Waals surface area contributed by atoms with Gasteiger partial charge in [0.05, 0.1) is 12.6 Å². The van der Waals surface area contributed by atoms with Gasteiger partial charge < -0.3 is 38.3 Å². The Balaban J connectivity index is 2.03. The summed E-state index contributed by atoms with van der Waals surface area (Å²) in [5.74, 6) is -2.48. The molecule has 0 saturated heterocycles. The topological polar surface area (TPSA) is 203 Å². The van der Waals surface area contributed by atoms with Crippen LogP contribution in [0.5, 0.6) is 5.75 Å². The van der Waals surface area contributed by atoms with Gasteiger partial charge in [0.25, 0.3) is 0 Å². The highest BCUT2D eigenvalue weighted by atomic mass is 16.3. The first kappa shape index (κ1) is 26.6. The molecular weight excluding hydrogens is 464 g/mol. The molecule has 3 rings (SSSR count). The number of hydrogen-bond donors (Lipinski definition) is 7. The molecule has 192 valence electrons. The number of nitrogens with one attached hydrogen (secondary N) is 3. The number of primary amides is 1. The standard InChI is InChI=1S/C25H32N6O5/c26-8-2-5-19-25(36)31-20(24(35)29-13-22(28)33)10-14-3-1-4-15(9-14)16-6-7-21(32)17(11-16)12-18(27)23(34)30-19/h1,3-4,6-7,9,11,18-20,32H,2,5,8,10,12-13,26-27H2,(H2,28,33)(H,29,35)(H,30,34)(H,31,36)/t18-,19-,20-/m0/s1. The molecule has 1 aliphatic rings. The molecule has 0 fully saturated rings. The van der Waals surface area contributed by atoms with E-state index in [4.69, 9.17) is 17.2 Å². The summed E-state index contributed by atoms with van der Waals surface area (Å²) in [4.78, 5) is 50.1. The second kappa shape index (κ2) is 12.1. The fourth-order valence-corrected chi connectivity index (χ4v) is 4.02. The Hall–Kier alpha value is -3.96. The van der Waals surface area contributed by atoms with Crippen LogP contribution in [0.3, 0.4) is 0 Å². The summed E-state index contributed by atoms with van der Waals surface area (Å²) in [6.45, 7) is -0.0919. The number of hydrogen-bond acceptors (Lipinski definition) is 7. The molecule has 0 unspecified atom stereocenters. The van der Waals surface area contributed by atoms with Crippen LogP contribution in [-0.4, -0.2) is 60.0 Å². The molecule has 10 N–H and O–H groups in total. The van der Waals surface area contributed by atoms with Gasteiger partial charge in [-0.15, -0.1) is 0 Å². The van der Waals surface area contributed by atoms with Crippen molar-refractivity contribution in [3.63, 3.8) is 0 Å². The predicted octanol–water partition coefficient (Wildman–Crippen LogP) is -1.20. The Labute approximate surface area is 208 Å². The molecule has 0 aliphatic carbocycles. The number of benzene rings is 2. The van der Waals surface area contributed by atoms with Gasteiger partial charge in [0.1, 0.15) is 17.8 Å². The van der Waals surface area contributed by atoms with Crippen molar-refractivity contribution >= 4 is 23.6 Å². The van der Waals surface area contributed by atoms with Crippen molar-refractivity contribution in [1.29, 1.82) is 0 Å². The van der Waals surface area contributed by atoms with E-state index in [0.29, 0.717) is 18.5 Å². The first-order chi connectivity index (χ1) is 17.2. The highest BCUT2D eigenvalue weighted by Gasteiger charge is 2.29. The summed E-state index contributed by atoms with van der Waals surface area (Å²) in [5, 5.41) is 18.1. The molecule has 1 heterocycles. The molecule has 11 nitrogen and oxygen atoms in total. The van der Waals surface area contributed by atoms with Crippen LogP contribution < -0.4 is 33.2 Å². The molecule has 2 aromatic carbocycles. The number of carbonyl (C=O) groups is 4. The van der Waals surface area contributed by atoms with E-state index in [1.54, 1.807) is 12.1 Å². The second-order valence-electron chi connectivity index (χ2n) is 8.80. The molecule has 3 atom stereocenters. The number of nitrogens with two attached hydrogens (primary N) is 3. The van der Waals surface area contributed by atoms with Crippen molar-refractivity contribution in [3.8, 4) is 16.9 Å². The van der Waals surface area contributed by atoms with Crippen LogP contribution in [0.2, 0.25) is 0 Å². The van der Waals surface area contributed by atoms with Gasteiger partial charge in [0.2, 0.25) is 23.6 Å². The van der Waals surface area contributed by atoms with Crippen molar-refractivity contribution in [2.24, 2.45) is 17.2 Å². The molecule has 0 saturated carbocycles. The zero-order valence-electron chi connectivity index (χ0n) is 19.8. The number of carbonyl (C=O) groups excluding carboxylic acids is 4. The molecule has 11 heteroatoms. The maximum atomic E-state index is 13.2. The van der Waals surface area contributed by atoms with Gasteiger partial charge in [-0.3, -0.25) is 19.2 Å². The summed E-state index contributed by atoms with van der Waals surface area (Å²) in [6.07, 6.45) is 0.838. The first-order valence-corrected chi connectivity index (χ1v) is 11.7. The minimum absolute atomic E-state index is 0.00563. The lowest BCUT2D eigenvalue weighted by Crippen LogP contribution is -2.57. The van der Waals surface area contributed by atoms with E-state index in [2.05, 4.69) is 16.0 Å². The van der Waals surface area contributed by atoms with E-state index >= 15 is 0 Å². The zero-order chi connectivity index (χ0) is 26.2. The van der Waals surface area contributed by atoms with Crippen LogP contribution in [0.1, 0.15) is 24.0 Å². The Bertz CT molecular complexity index is 1140. The Kier molecular flexibility index (Phi) is 8.98. The molecule has 0 spiro atoms.